The van der Waals surface area contributed by atoms with Gasteiger partial charge in [0.05, 0.1) is 0 Å². The van der Waals surface area contributed by atoms with Crippen LogP contribution in [0.5, 0.6) is 0 Å². The fourth-order valence-corrected chi connectivity index (χ4v) is 7.62. The molecule has 12 heteroatoms. The van der Waals surface area contributed by atoms with Crippen molar-refractivity contribution < 1.29 is 19.2 Å². The molecule has 0 spiro atoms. The number of thiazole rings is 1. The molecule has 3 aromatic rings. The summed E-state index contributed by atoms with van der Waals surface area (Å²) in [6, 6.07) is 16.1. The number of nitrogens with two attached hydrogens (primary N) is 2. The van der Waals surface area contributed by atoms with Crippen molar-refractivity contribution in [3.8, 4) is 0 Å². The third-order valence-electron chi connectivity index (χ3n) is 6.56. The average Bonchev–Trinajstić information content (AvgIpc) is 3.47. The van der Waals surface area contributed by atoms with E-state index < -0.39 is 32.4 Å². The van der Waals surface area contributed by atoms with Crippen LogP contribution in [0.25, 0.3) is 0 Å². The number of amides is 2. The molecule has 0 bridgehead atoms. The zero-order valence-corrected chi connectivity index (χ0v) is 25.1. The minimum absolute atomic E-state index is 0.0469. The predicted octanol–water partition coefficient (Wildman–Crippen LogP) is 2.11. The molecule has 4 rings (SSSR count). The molecule has 1 aliphatic rings. The summed E-state index contributed by atoms with van der Waals surface area (Å²) in [6.07, 6.45) is 3.76. The molecule has 41 heavy (non-hydrogen) atoms. The molecule has 0 aliphatic carbocycles. The first kappa shape index (κ1) is 30.1. The number of nitrogens with one attached hydrogen (secondary N) is 1. The van der Waals surface area contributed by atoms with Crippen LogP contribution in [0.1, 0.15) is 40.2 Å². The van der Waals surface area contributed by atoms with E-state index in [2.05, 4.69) is 15.3 Å². The van der Waals surface area contributed by atoms with Crippen molar-refractivity contribution in [3.63, 3.8) is 0 Å². The summed E-state index contributed by atoms with van der Waals surface area (Å²) in [5.74, 6) is -1.07. The van der Waals surface area contributed by atoms with E-state index >= 15 is 0 Å². The molecule has 1 unspecified atom stereocenters. The van der Waals surface area contributed by atoms with Gasteiger partial charge >= 0.3 is 239 Å². The van der Waals surface area contributed by atoms with Gasteiger partial charge in [0.15, 0.2) is 0 Å². The molecule has 1 aliphatic heterocycles. The number of carbonyl (C=O) groups is 4. The van der Waals surface area contributed by atoms with E-state index in [0.29, 0.717) is 44.3 Å². The second kappa shape index (κ2) is 14.7. The van der Waals surface area contributed by atoms with Crippen LogP contribution < -0.4 is 21.7 Å². The molecule has 5 N–H and O–H groups in total. The van der Waals surface area contributed by atoms with Crippen molar-refractivity contribution in [2.45, 2.75) is 42.9 Å². The second-order valence-electron chi connectivity index (χ2n) is 9.56. The van der Waals surface area contributed by atoms with E-state index in [1.54, 1.807) is 5.38 Å². The molecule has 0 saturated carbocycles. The second-order valence-corrected chi connectivity index (χ2v) is 13.4. The Labute approximate surface area is 249 Å². The molecule has 10 nitrogen and oxygen atoms in total. The van der Waals surface area contributed by atoms with Crippen LogP contribution in [0.3, 0.4) is 0 Å². The van der Waals surface area contributed by atoms with Gasteiger partial charge in [0.25, 0.3) is 0 Å². The number of Topliss-reactive ketones (excluding diaryl/α,β-unsaturated/α-hetero) is 1. The van der Waals surface area contributed by atoms with Gasteiger partial charge in [0.1, 0.15) is 0 Å². The summed E-state index contributed by atoms with van der Waals surface area (Å²) >= 11 is 0.249. The Kier molecular flexibility index (Phi) is 10.8. The molecule has 2 amide bonds. The quantitative estimate of drug-likeness (QED) is 0.0853. The van der Waals surface area contributed by atoms with Gasteiger partial charge in [-0.15, -0.1) is 0 Å². The van der Waals surface area contributed by atoms with E-state index in [1.807, 2.05) is 54.6 Å². The Bertz CT molecular complexity index is 1400. The van der Waals surface area contributed by atoms with E-state index in [4.69, 9.17) is 11.5 Å². The molecule has 2 atom stereocenters. The van der Waals surface area contributed by atoms with Gasteiger partial charge in [-0.05, 0) is 0 Å². The van der Waals surface area contributed by atoms with Crippen LogP contribution in [-0.4, -0.2) is 68.0 Å². The third kappa shape index (κ3) is 8.58. The molecule has 2 aromatic carbocycles. The van der Waals surface area contributed by atoms with Crippen LogP contribution in [0.2, 0.25) is 4.71 Å². The maximum atomic E-state index is 13.8. The molecule has 0 saturated heterocycles. The van der Waals surface area contributed by atoms with E-state index in [-0.39, 0.29) is 33.8 Å². The molecular weight excluding hydrogens is 603 g/mol. The molecule has 213 valence electrons. The van der Waals surface area contributed by atoms with E-state index in [9.17, 15) is 19.2 Å². The van der Waals surface area contributed by atoms with Crippen molar-refractivity contribution >= 4 is 60.9 Å². The number of ketones is 1. The van der Waals surface area contributed by atoms with Gasteiger partial charge in [-0.1, -0.05) is 0 Å². The van der Waals surface area contributed by atoms with Gasteiger partial charge < -0.3 is 11.5 Å². The number of nitrogens with zero attached hydrogens (tertiary/aromatic N) is 3. The summed E-state index contributed by atoms with van der Waals surface area (Å²) in [4.78, 5) is 62.8. The molecular formula is C29H32AsN6O4S. The van der Waals surface area contributed by atoms with Gasteiger partial charge in [0.2, 0.25) is 0 Å². The molecule has 1 radical (unpaired) electrons. The van der Waals surface area contributed by atoms with Gasteiger partial charge in [0, 0.05) is 0 Å². The monoisotopic (exact) mass is 635 g/mol. The number of guanidine groups is 1. The van der Waals surface area contributed by atoms with Gasteiger partial charge in [-0.25, -0.2) is 0 Å². The summed E-state index contributed by atoms with van der Waals surface area (Å²) in [6.45, 7) is 0.0372. The zero-order valence-electron chi connectivity index (χ0n) is 22.4. The van der Waals surface area contributed by atoms with Crippen LogP contribution in [-0.2, 0) is 27.2 Å². The van der Waals surface area contributed by atoms with Crippen molar-refractivity contribution in [3.05, 3.63) is 82.3 Å². The Morgan fingerprint density at radius 1 is 1.12 bits per heavy atom. The van der Waals surface area contributed by atoms with Crippen molar-refractivity contribution in [2.75, 3.05) is 18.0 Å². The number of para-hydroxylation sites is 1. The van der Waals surface area contributed by atoms with Crippen LogP contribution in [0.4, 0.5) is 5.69 Å². The van der Waals surface area contributed by atoms with E-state index in [1.165, 1.54) is 22.4 Å². The van der Waals surface area contributed by atoms with Crippen LogP contribution in [0.15, 0.2) is 71.2 Å². The van der Waals surface area contributed by atoms with Crippen molar-refractivity contribution in [1.29, 1.82) is 0 Å². The summed E-state index contributed by atoms with van der Waals surface area (Å²) in [5, 5.41) is 4.80. The van der Waals surface area contributed by atoms with Crippen LogP contribution in [0, 0.1) is 0 Å². The minimum atomic E-state index is -0.945. The topological polar surface area (TPSA) is 161 Å². The molecule has 2 heterocycles. The molecule has 1 aromatic heterocycles. The Balaban J connectivity index is 1.49. The summed E-state index contributed by atoms with van der Waals surface area (Å²) in [7, 11) is 0. The number of fused-ring (bicyclic) bond motifs is 1. The summed E-state index contributed by atoms with van der Waals surface area (Å²) in [5.41, 5.74) is 13.3. The maximum absolute atomic E-state index is 13.8. The first-order chi connectivity index (χ1) is 19.8. The normalized spacial score (nSPS) is 15.7. The van der Waals surface area contributed by atoms with Crippen molar-refractivity contribution in [1.82, 2.24) is 10.3 Å². The van der Waals surface area contributed by atoms with Crippen molar-refractivity contribution in [2.24, 2.45) is 16.5 Å². The van der Waals surface area contributed by atoms with E-state index in [0.717, 1.165) is 11.1 Å². The predicted molar refractivity (Wildman–Crippen MR) is 160 cm³/mol. The number of anilines is 1. The zero-order chi connectivity index (χ0) is 29.2. The number of benzene rings is 2. The number of rotatable bonds is 13. The summed E-state index contributed by atoms with van der Waals surface area (Å²) < 4.78 is -0.397. The number of hydrogen-bond acceptors (Lipinski definition) is 7. The number of aryl methyl sites for hydroxylation is 1. The number of carbonyl (C=O) groups excluding carboxylic acids is 4. The number of aromatic nitrogens is 1. The third-order valence-corrected chi connectivity index (χ3v) is 9.94. The fourth-order valence-electron chi connectivity index (χ4n) is 4.62. The standard InChI is InChI=1S/C29H32AsN6O4S/c31-29(32)34-14-6-10-22(26(39)27-33-15-16-41-27)35-25(38)18-36-23-11-5-4-9-20(23)12-13-21(28(36)40)30-24(37)17-19-7-2-1-3-8-19/h1-5,7-9,11,15-16,21-22H,6,10,12-14,17-18H2,(H,35,38)(H4,31,32,34)/t21?,22-/m1/s1. The number of aliphatic imine (C=N–C) groups is 1. The van der Waals surface area contributed by atoms with Crippen LogP contribution >= 0.6 is 11.3 Å². The Morgan fingerprint density at radius 2 is 1.88 bits per heavy atom. The first-order valence-corrected chi connectivity index (χ1v) is 16.2. The fraction of sp³-hybridized carbons (Fsp3) is 0.310. The Morgan fingerprint density at radius 3 is 2.61 bits per heavy atom. The first-order valence-electron chi connectivity index (χ1n) is 13.3. The van der Waals surface area contributed by atoms with Gasteiger partial charge in [-0.2, -0.15) is 0 Å². The SMILES string of the molecule is NC(N)=NCCC[C@@H](NC(=O)CN1C(=O)C([As]C(=O)Cc2ccccc2)CCc2ccccc21)C(=O)c1nccs1. The Hall–Kier alpha value is -3.82. The average molecular weight is 636 g/mol. The van der Waals surface area contributed by atoms with Gasteiger partial charge in [-0.3, -0.25) is 0 Å². The number of hydrogen-bond donors (Lipinski definition) is 3. The molecule has 0 fully saturated rings.